The summed E-state index contributed by atoms with van der Waals surface area (Å²) in [6.07, 6.45) is 1.61. The van der Waals surface area contributed by atoms with Gasteiger partial charge in [-0.05, 0) is 72.8 Å². The van der Waals surface area contributed by atoms with Crippen LogP contribution in [0.4, 0.5) is 0 Å². The van der Waals surface area contributed by atoms with Crippen LogP contribution in [0.25, 0.3) is 6.08 Å². The molecule has 7 nitrogen and oxygen atoms in total. The number of hydrogen-bond acceptors (Lipinski definition) is 7. The molecule has 1 aliphatic rings. The number of carbonyl (C=O) groups excluding carboxylic acids is 1. The van der Waals surface area contributed by atoms with Crippen LogP contribution in [0, 0.1) is 3.57 Å². The zero-order valence-electron chi connectivity index (χ0n) is 18.8. The summed E-state index contributed by atoms with van der Waals surface area (Å²) in [5.74, 6) is -0.0463. The summed E-state index contributed by atoms with van der Waals surface area (Å²) < 4.78 is 14.1. The Kier molecular flexibility index (Phi) is 7.74. The molecule has 0 amide bonds. The second kappa shape index (κ2) is 10.5. The monoisotopic (exact) mass is 688 g/mol. The first-order valence-corrected chi connectivity index (χ1v) is 13.4. The molecule has 11 heteroatoms. The van der Waals surface area contributed by atoms with E-state index in [1.54, 1.807) is 50.3 Å². The van der Waals surface area contributed by atoms with Crippen LogP contribution in [-0.4, -0.2) is 29.4 Å². The van der Waals surface area contributed by atoms with Gasteiger partial charge in [-0.1, -0.05) is 38.9 Å². The van der Waals surface area contributed by atoms with Gasteiger partial charge in [0.1, 0.15) is 17.5 Å². The predicted octanol–water partition coefficient (Wildman–Crippen LogP) is 4.53. The van der Waals surface area contributed by atoms with Crippen molar-refractivity contribution in [2.24, 2.45) is 4.99 Å². The van der Waals surface area contributed by atoms with Crippen molar-refractivity contribution in [3.05, 3.63) is 85.5 Å². The molecule has 3 aromatic rings. The number of rotatable bonds is 5. The maximum Gasteiger partial charge on any atom is 0.338 e. The highest BCUT2D eigenvalue weighted by Crippen LogP contribution is 2.37. The van der Waals surface area contributed by atoms with E-state index in [4.69, 9.17) is 21.1 Å². The number of benzene rings is 2. The van der Waals surface area contributed by atoms with Crippen LogP contribution in [0.5, 0.6) is 11.5 Å². The standard InChI is InChI=1S/C24H19BrClIN2O5S/c1-4-34-23(32)19-11(2)28-24-29(20(19)15-10-14(26)5-6-17(15)33-3)22(31)18(35-24)8-12-7-13(25)9-16(27)21(12)30/h5-10,20,30H,4H2,1-3H3/b18-8-/t20-/m0/s1. The number of aromatic nitrogens is 1. The molecule has 0 saturated heterocycles. The third kappa shape index (κ3) is 4.93. The van der Waals surface area contributed by atoms with Crippen molar-refractivity contribution in [2.75, 3.05) is 13.7 Å². The normalized spacial score (nSPS) is 15.6. The number of fused-ring (bicyclic) bond motifs is 1. The highest BCUT2D eigenvalue weighted by Gasteiger charge is 2.35. The zero-order valence-corrected chi connectivity index (χ0v) is 24.1. The minimum Gasteiger partial charge on any atom is -0.506 e. The van der Waals surface area contributed by atoms with Crippen LogP contribution in [-0.2, 0) is 9.53 Å². The molecule has 35 heavy (non-hydrogen) atoms. The minimum atomic E-state index is -0.864. The lowest BCUT2D eigenvalue weighted by atomic mass is 9.95. The van der Waals surface area contributed by atoms with Gasteiger partial charge in [0, 0.05) is 20.6 Å². The van der Waals surface area contributed by atoms with Crippen molar-refractivity contribution in [3.63, 3.8) is 0 Å². The molecule has 1 aliphatic heterocycles. The Morgan fingerprint density at radius 1 is 1.37 bits per heavy atom. The predicted molar refractivity (Wildman–Crippen MR) is 147 cm³/mol. The average Bonchev–Trinajstić information content (AvgIpc) is 3.10. The first-order chi connectivity index (χ1) is 16.7. The highest BCUT2D eigenvalue weighted by atomic mass is 127. The Bertz CT molecular complexity index is 1560. The summed E-state index contributed by atoms with van der Waals surface area (Å²) >= 11 is 12.9. The van der Waals surface area contributed by atoms with E-state index in [1.165, 1.54) is 11.7 Å². The van der Waals surface area contributed by atoms with Gasteiger partial charge in [0.25, 0.3) is 5.56 Å². The third-order valence-electron chi connectivity index (χ3n) is 5.35. The van der Waals surface area contributed by atoms with Crippen LogP contribution >= 0.6 is 61.5 Å². The van der Waals surface area contributed by atoms with Crippen molar-refractivity contribution in [1.82, 2.24) is 4.57 Å². The molecule has 1 N–H and O–H groups in total. The molecule has 0 radical (unpaired) electrons. The molecule has 1 aromatic heterocycles. The summed E-state index contributed by atoms with van der Waals surface area (Å²) in [6.45, 7) is 3.58. The molecule has 2 aromatic carbocycles. The van der Waals surface area contributed by atoms with Gasteiger partial charge in [0.15, 0.2) is 4.80 Å². The van der Waals surface area contributed by atoms with Crippen LogP contribution in [0.2, 0.25) is 5.02 Å². The maximum absolute atomic E-state index is 13.7. The van der Waals surface area contributed by atoms with E-state index in [2.05, 4.69) is 20.9 Å². The van der Waals surface area contributed by atoms with Crippen molar-refractivity contribution in [3.8, 4) is 11.5 Å². The summed E-state index contributed by atoms with van der Waals surface area (Å²) in [5.41, 5.74) is 1.30. The number of ether oxygens (including phenoxy) is 2. The van der Waals surface area contributed by atoms with Crippen molar-refractivity contribution in [2.45, 2.75) is 19.9 Å². The van der Waals surface area contributed by atoms with Gasteiger partial charge in [-0.2, -0.15) is 0 Å². The van der Waals surface area contributed by atoms with Gasteiger partial charge in [-0.25, -0.2) is 9.79 Å². The van der Waals surface area contributed by atoms with E-state index in [0.29, 0.717) is 40.5 Å². The number of phenolic OH excluding ortho intramolecular Hbond substituents is 1. The van der Waals surface area contributed by atoms with Gasteiger partial charge in [0.05, 0.1) is 33.1 Å². The van der Waals surface area contributed by atoms with Crippen molar-refractivity contribution < 1.29 is 19.4 Å². The van der Waals surface area contributed by atoms with E-state index >= 15 is 0 Å². The number of nitrogens with zero attached hydrogens (tertiary/aromatic N) is 2. The van der Waals surface area contributed by atoms with E-state index in [-0.39, 0.29) is 23.5 Å². The van der Waals surface area contributed by atoms with Crippen LogP contribution in [0.15, 0.2) is 55.9 Å². The maximum atomic E-state index is 13.7. The number of esters is 1. The number of hydrogen-bond donors (Lipinski definition) is 1. The SMILES string of the molecule is CCOC(=O)C1=C(C)N=c2s/c(=C\c3cc(Br)cc(I)c3O)c(=O)n2[C@H]1c1cc(Cl)ccc1OC. The number of phenols is 1. The van der Waals surface area contributed by atoms with E-state index in [1.807, 2.05) is 22.6 Å². The molecule has 0 saturated carbocycles. The molecule has 0 unspecified atom stereocenters. The number of thiazole rings is 1. The van der Waals surface area contributed by atoms with Gasteiger partial charge in [0.2, 0.25) is 0 Å². The van der Waals surface area contributed by atoms with E-state index < -0.39 is 12.0 Å². The fourth-order valence-electron chi connectivity index (χ4n) is 3.84. The molecule has 0 spiro atoms. The van der Waals surface area contributed by atoms with Crippen LogP contribution in [0.1, 0.15) is 31.0 Å². The summed E-state index contributed by atoms with van der Waals surface area (Å²) in [7, 11) is 1.51. The number of aromatic hydroxyl groups is 1. The highest BCUT2D eigenvalue weighted by molar-refractivity contribution is 14.1. The Morgan fingerprint density at radius 3 is 2.80 bits per heavy atom. The fourth-order valence-corrected chi connectivity index (χ4v) is 6.61. The second-order valence-electron chi connectivity index (χ2n) is 7.51. The Hall–Kier alpha value is -2.15. The lowest BCUT2D eigenvalue weighted by Crippen LogP contribution is -2.40. The summed E-state index contributed by atoms with van der Waals surface area (Å²) in [4.78, 5) is 31.7. The van der Waals surface area contributed by atoms with Gasteiger partial charge >= 0.3 is 5.97 Å². The largest absolute Gasteiger partial charge is 0.506 e. The van der Waals surface area contributed by atoms with Gasteiger partial charge < -0.3 is 14.6 Å². The second-order valence-corrected chi connectivity index (χ2v) is 11.0. The molecule has 4 rings (SSSR count). The van der Waals surface area contributed by atoms with Gasteiger partial charge in [-0.3, -0.25) is 9.36 Å². The smallest absolute Gasteiger partial charge is 0.338 e. The van der Waals surface area contributed by atoms with Gasteiger partial charge in [-0.15, -0.1) is 0 Å². The molecular formula is C24H19BrClIN2O5S. The molecule has 0 bridgehead atoms. The van der Waals surface area contributed by atoms with Crippen LogP contribution < -0.4 is 19.6 Å². The number of halogens is 3. The topological polar surface area (TPSA) is 90.1 Å². The molecule has 182 valence electrons. The average molecular weight is 690 g/mol. The molecular weight excluding hydrogens is 671 g/mol. The zero-order chi connectivity index (χ0) is 25.4. The summed E-state index contributed by atoms with van der Waals surface area (Å²) in [6, 6.07) is 7.66. The lowest BCUT2D eigenvalue weighted by molar-refractivity contribution is -0.139. The third-order valence-corrected chi connectivity index (χ3v) is 7.85. The quantitative estimate of drug-likeness (QED) is 0.314. The van der Waals surface area contributed by atoms with E-state index in [9.17, 15) is 14.7 Å². The first kappa shape index (κ1) is 25.9. The summed E-state index contributed by atoms with van der Waals surface area (Å²) in [5, 5.41) is 11.0. The first-order valence-electron chi connectivity index (χ1n) is 10.4. The van der Waals surface area contributed by atoms with E-state index in [0.717, 1.165) is 15.8 Å². The molecule has 2 heterocycles. The Labute approximate surface area is 231 Å². The lowest BCUT2D eigenvalue weighted by Gasteiger charge is -2.26. The molecule has 0 aliphatic carbocycles. The minimum absolute atomic E-state index is 0.0658. The Morgan fingerprint density at radius 2 is 2.11 bits per heavy atom. The number of carbonyl (C=O) groups is 1. The molecule has 0 fully saturated rings. The number of allylic oxidation sites excluding steroid dienone is 1. The van der Waals surface area contributed by atoms with Crippen LogP contribution in [0.3, 0.4) is 0 Å². The fraction of sp³-hybridized carbons (Fsp3) is 0.208. The van der Waals surface area contributed by atoms with Crippen molar-refractivity contribution >= 4 is 73.5 Å². The Balaban J connectivity index is 2.04. The number of methoxy groups -OCH3 is 1. The van der Waals surface area contributed by atoms with Crippen molar-refractivity contribution in [1.29, 1.82) is 0 Å². The molecule has 1 atom stereocenters.